The van der Waals surface area contributed by atoms with E-state index < -0.39 is 136 Å². The Morgan fingerprint density at radius 2 is 1.60 bits per heavy atom. The number of amides is 1. The average Bonchev–Trinajstić information content (AvgIpc) is 2.94. The quantitative estimate of drug-likeness (QED) is 0.0929. The second-order valence-electron chi connectivity index (χ2n) is 10.6. The van der Waals surface area contributed by atoms with Crippen molar-refractivity contribution in [2.45, 2.75) is 111 Å². The molecule has 43 heavy (non-hydrogen) atoms. The summed E-state index contributed by atoms with van der Waals surface area (Å²) < 4.78 is 26.8. The van der Waals surface area contributed by atoms with Crippen LogP contribution in [0, 0.1) is 0 Å². The van der Waals surface area contributed by atoms with Gasteiger partial charge in [0.25, 0.3) is 0 Å². The van der Waals surface area contributed by atoms with E-state index in [0.717, 1.165) is 6.92 Å². The van der Waals surface area contributed by atoms with E-state index in [2.05, 4.69) is 5.32 Å². The van der Waals surface area contributed by atoms with Gasteiger partial charge in [-0.3, -0.25) is 4.79 Å². The summed E-state index contributed by atoms with van der Waals surface area (Å²) in [6.45, 7) is -1.93. The Hall–Kier alpha value is -0.210. The Morgan fingerprint density at radius 1 is 0.953 bits per heavy atom. The number of hydrogen-bond acceptors (Lipinski definition) is 18. The molecule has 3 fully saturated rings. The zero-order valence-electron chi connectivity index (χ0n) is 22.5. The maximum atomic E-state index is 11.6. The number of carbonyl (C=O) groups excluding carboxylic acids is 1. The molecule has 0 aromatic heterocycles. The first-order valence-corrected chi connectivity index (χ1v) is 13.2. The first-order valence-electron chi connectivity index (χ1n) is 13.2. The molecule has 1 amide bonds. The van der Waals surface area contributed by atoms with Gasteiger partial charge in [0, 0.05) is 13.3 Å². The molecule has 3 heterocycles. The molecular weight excluding hydrogens is 601 g/mol. The van der Waals surface area contributed by atoms with Gasteiger partial charge in [-0.1, -0.05) is 0 Å². The molecule has 16 atom stereocenters. The van der Waals surface area contributed by atoms with E-state index in [1.807, 2.05) is 0 Å². The van der Waals surface area contributed by atoms with Crippen LogP contribution in [0.3, 0.4) is 0 Å². The van der Waals surface area contributed by atoms with Crippen molar-refractivity contribution in [3.63, 3.8) is 0 Å². The number of carbonyl (C=O) groups is 1. The van der Waals surface area contributed by atoms with E-state index in [-0.39, 0.29) is 29.6 Å². The van der Waals surface area contributed by atoms with E-state index in [4.69, 9.17) is 23.7 Å². The van der Waals surface area contributed by atoms with Crippen molar-refractivity contribution in [1.82, 2.24) is 5.32 Å². The monoisotopic (exact) mass is 643 g/mol. The van der Waals surface area contributed by atoms with Crippen LogP contribution < -0.4 is 5.32 Å². The summed E-state index contributed by atoms with van der Waals surface area (Å²) in [6, 6.07) is -1.29. The van der Waals surface area contributed by atoms with Gasteiger partial charge in [-0.2, -0.15) is 0 Å². The Balaban J connectivity index is 0.00000645. The van der Waals surface area contributed by atoms with Gasteiger partial charge in [0.15, 0.2) is 18.4 Å². The minimum absolute atomic E-state index is 0. The zero-order chi connectivity index (χ0) is 31.5. The van der Waals surface area contributed by atoms with Gasteiger partial charge < -0.3 is 90.3 Å². The summed E-state index contributed by atoms with van der Waals surface area (Å²) in [5.74, 6) is -2.96. The number of hydrogen-bond donors (Lipinski definition) is 13. The summed E-state index contributed by atoms with van der Waals surface area (Å²) in [5.41, 5.74) is 0. The summed E-state index contributed by atoms with van der Waals surface area (Å²) >= 11 is 0. The molecule has 3 saturated heterocycles. The standard InChI is InChI=1S/C23H41NO18.Na.H/c1-7(27)24-12-8(28)2-23(37,42-20(12)13(30)9(29)3-25)6-38-5-11-14(31)15(32)18(35)22(40-11)41-19-10(4-26)39-21(36)17(34)16(19)33;;/h8-22,25-26,28-37H,2-6H2,1H3,(H,24,27);;/t8-,9+,10+,11+,12+,13+,14-,15-,16+,17+,18+,19+,20+,21-,22-,23-;;/m0../s1. The fourth-order valence-corrected chi connectivity index (χ4v) is 5.05. The van der Waals surface area contributed by atoms with Crippen LogP contribution >= 0.6 is 0 Å². The molecule has 0 saturated carbocycles. The van der Waals surface area contributed by atoms with Gasteiger partial charge in [0.1, 0.15) is 73.8 Å². The van der Waals surface area contributed by atoms with Crippen molar-refractivity contribution < 1.29 is 89.8 Å². The van der Waals surface area contributed by atoms with E-state index in [1.54, 1.807) is 0 Å². The Morgan fingerprint density at radius 3 is 2.19 bits per heavy atom. The van der Waals surface area contributed by atoms with Gasteiger partial charge in [0.2, 0.25) is 5.91 Å². The van der Waals surface area contributed by atoms with Crippen LogP contribution in [0.2, 0.25) is 0 Å². The van der Waals surface area contributed by atoms with Crippen molar-refractivity contribution in [3.8, 4) is 0 Å². The number of ether oxygens (including phenoxy) is 5. The molecule has 0 unspecified atom stereocenters. The molecule has 3 aliphatic rings. The second kappa shape index (κ2) is 16.6. The minimum atomic E-state index is -2.34. The predicted molar refractivity (Wildman–Crippen MR) is 137 cm³/mol. The molecule has 13 N–H and O–H groups in total. The summed E-state index contributed by atoms with van der Waals surface area (Å²) in [5, 5.41) is 124. The Kier molecular flexibility index (Phi) is 15.0. The van der Waals surface area contributed by atoms with Gasteiger partial charge in [-0.25, -0.2) is 0 Å². The second-order valence-corrected chi connectivity index (χ2v) is 10.6. The molecule has 0 spiro atoms. The van der Waals surface area contributed by atoms with E-state index >= 15 is 0 Å². The third-order valence-corrected chi connectivity index (χ3v) is 7.35. The zero-order valence-corrected chi connectivity index (χ0v) is 22.5. The van der Waals surface area contributed by atoms with Gasteiger partial charge in [-0.15, -0.1) is 0 Å². The normalized spacial score (nSPS) is 45.1. The maximum absolute atomic E-state index is 11.6. The summed E-state index contributed by atoms with van der Waals surface area (Å²) in [4.78, 5) is 11.6. The van der Waals surface area contributed by atoms with Crippen molar-refractivity contribution in [2.24, 2.45) is 0 Å². The van der Waals surface area contributed by atoms with E-state index in [9.17, 15) is 66.1 Å². The van der Waals surface area contributed by atoms with Crippen LogP contribution in [-0.4, -0.2) is 221 Å². The molecule has 0 aromatic rings. The van der Waals surface area contributed by atoms with Crippen molar-refractivity contribution in [3.05, 3.63) is 0 Å². The molecular formula is C23H42NNaO18. The van der Waals surface area contributed by atoms with Crippen LogP contribution in [0.5, 0.6) is 0 Å². The van der Waals surface area contributed by atoms with Crippen molar-refractivity contribution in [1.29, 1.82) is 0 Å². The third-order valence-electron chi connectivity index (χ3n) is 7.35. The Bertz CT molecular complexity index is 876. The topological polar surface area (TPSA) is 318 Å². The van der Waals surface area contributed by atoms with Gasteiger partial charge in [-0.05, 0) is 0 Å². The molecule has 19 nitrogen and oxygen atoms in total. The van der Waals surface area contributed by atoms with Crippen LogP contribution in [0.4, 0.5) is 0 Å². The number of aliphatic hydroxyl groups excluding tert-OH is 11. The first-order chi connectivity index (χ1) is 19.6. The van der Waals surface area contributed by atoms with Gasteiger partial charge >= 0.3 is 29.6 Å². The number of aliphatic hydroxyl groups is 12. The van der Waals surface area contributed by atoms with Crippen LogP contribution in [-0.2, 0) is 28.5 Å². The predicted octanol–water partition coefficient (Wildman–Crippen LogP) is -8.96. The fourth-order valence-electron chi connectivity index (χ4n) is 5.05. The van der Waals surface area contributed by atoms with Crippen LogP contribution in [0.25, 0.3) is 0 Å². The summed E-state index contributed by atoms with van der Waals surface area (Å²) in [7, 11) is 0. The number of nitrogens with one attached hydrogen (secondary N) is 1. The molecule has 0 radical (unpaired) electrons. The average molecular weight is 644 g/mol. The molecule has 20 heteroatoms. The van der Waals surface area contributed by atoms with E-state index in [1.165, 1.54) is 0 Å². The molecule has 0 aromatic carbocycles. The molecule has 3 rings (SSSR count). The Labute approximate surface area is 267 Å². The molecule has 0 aliphatic carbocycles. The van der Waals surface area contributed by atoms with E-state index in [0.29, 0.717) is 0 Å². The number of rotatable bonds is 11. The fraction of sp³-hybridized carbons (Fsp3) is 0.957. The summed E-state index contributed by atoms with van der Waals surface area (Å²) in [6.07, 6.45) is -24.6. The first kappa shape index (κ1) is 39.0. The van der Waals surface area contributed by atoms with Crippen molar-refractivity contribution >= 4 is 35.5 Å². The molecule has 248 valence electrons. The van der Waals surface area contributed by atoms with Crippen LogP contribution in [0.1, 0.15) is 13.3 Å². The van der Waals surface area contributed by atoms with Crippen LogP contribution in [0.15, 0.2) is 0 Å². The molecule has 3 aliphatic heterocycles. The van der Waals surface area contributed by atoms with Crippen molar-refractivity contribution in [2.75, 3.05) is 26.4 Å². The SMILES string of the molecule is CC(=O)N[C@H]1[C@H]([C@H](O)[C@H](O)CO)O[C@](O)(COC[C@H]2O[C@@H](O[C@H]3[C@H](O)[C@@H](O)[C@@H](O)O[C@@H]3CO)[C@H](O)[C@@H](O)[C@H]2O)C[C@@H]1O.[NaH]. The molecule has 0 bridgehead atoms. The third kappa shape index (κ3) is 9.20. The van der Waals surface area contributed by atoms with Gasteiger partial charge in [0.05, 0.1) is 32.0 Å².